The van der Waals surface area contributed by atoms with Crippen LogP contribution in [0.25, 0.3) is 0 Å². The number of thiazole rings is 1. The number of nitro groups is 1. The summed E-state index contributed by atoms with van der Waals surface area (Å²) in [5, 5.41) is 21.5. The highest BCUT2D eigenvalue weighted by Crippen LogP contribution is 2.37. The van der Waals surface area contributed by atoms with E-state index in [0.717, 1.165) is 17.3 Å². The number of benzene rings is 1. The first-order chi connectivity index (χ1) is 13.0. The van der Waals surface area contributed by atoms with Gasteiger partial charge in [-0.3, -0.25) is 25.7 Å². The summed E-state index contributed by atoms with van der Waals surface area (Å²) in [5.74, 6) is -0.368. The molecular formula is C16H14N6O3S2. The van der Waals surface area contributed by atoms with Gasteiger partial charge in [0.25, 0.3) is 11.6 Å². The predicted molar refractivity (Wildman–Crippen MR) is 103 cm³/mol. The number of hydrazine groups is 1. The molecule has 0 aliphatic carbocycles. The van der Waals surface area contributed by atoms with Gasteiger partial charge in [0, 0.05) is 36.2 Å². The van der Waals surface area contributed by atoms with Crippen LogP contribution in [-0.2, 0) is 4.79 Å². The molecule has 2 atom stereocenters. The molecule has 0 radical (unpaired) electrons. The van der Waals surface area contributed by atoms with E-state index < -0.39 is 4.92 Å². The Morgan fingerprint density at radius 2 is 2.30 bits per heavy atom. The summed E-state index contributed by atoms with van der Waals surface area (Å²) in [4.78, 5) is 29.2. The van der Waals surface area contributed by atoms with Crippen molar-refractivity contribution < 1.29 is 9.72 Å². The van der Waals surface area contributed by atoms with Gasteiger partial charge in [0.1, 0.15) is 0 Å². The first-order valence-electron chi connectivity index (χ1n) is 7.99. The fraction of sp³-hybridized carbons (Fsp3) is 0.188. The molecule has 2 aliphatic rings. The van der Waals surface area contributed by atoms with Crippen molar-refractivity contribution in [3.05, 3.63) is 62.5 Å². The van der Waals surface area contributed by atoms with Crippen LogP contribution < -0.4 is 15.8 Å². The molecule has 11 heteroatoms. The van der Waals surface area contributed by atoms with E-state index in [1.807, 2.05) is 12.1 Å². The number of nitrogens with zero attached hydrogens (tertiary/aromatic N) is 3. The van der Waals surface area contributed by atoms with Crippen LogP contribution in [-0.4, -0.2) is 27.5 Å². The second kappa shape index (κ2) is 7.19. The zero-order valence-electron chi connectivity index (χ0n) is 13.8. The summed E-state index contributed by atoms with van der Waals surface area (Å²) in [5.41, 5.74) is 6.94. The van der Waals surface area contributed by atoms with Crippen molar-refractivity contribution in [3.8, 4) is 0 Å². The monoisotopic (exact) mass is 402 g/mol. The third-order valence-electron chi connectivity index (χ3n) is 4.26. The van der Waals surface area contributed by atoms with E-state index in [1.54, 1.807) is 17.6 Å². The highest BCUT2D eigenvalue weighted by molar-refractivity contribution is 8.19. The first kappa shape index (κ1) is 17.8. The number of carbonyl (C=O) groups is 1. The molecule has 27 heavy (non-hydrogen) atoms. The number of amides is 1. The van der Waals surface area contributed by atoms with Crippen LogP contribution in [0.2, 0.25) is 0 Å². The van der Waals surface area contributed by atoms with Gasteiger partial charge in [-0.2, -0.15) is 0 Å². The lowest BCUT2D eigenvalue weighted by Gasteiger charge is -2.16. The number of aromatic nitrogens is 1. The lowest BCUT2D eigenvalue weighted by atomic mass is 9.94. The Hall–Kier alpha value is -2.60. The van der Waals surface area contributed by atoms with Gasteiger partial charge in [-0.15, -0.1) is 11.3 Å². The topological polar surface area (TPSA) is 124 Å². The Morgan fingerprint density at radius 1 is 1.44 bits per heavy atom. The van der Waals surface area contributed by atoms with E-state index in [2.05, 4.69) is 15.8 Å². The molecule has 0 spiro atoms. The van der Waals surface area contributed by atoms with E-state index in [4.69, 9.17) is 5.41 Å². The van der Waals surface area contributed by atoms with Crippen LogP contribution in [0.5, 0.6) is 0 Å². The van der Waals surface area contributed by atoms with Gasteiger partial charge in [0.15, 0.2) is 10.3 Å². The van der Waals surface area contributed by atoms with E-state index in [9.17, 15) is 14.9 Å². The number of carbonyl (C=O) groups excluding carboxylic acids is 1. The van der Waals surface area contributed by atoms with Gasteiger partial charge in [-0.1, -0.05) is 18.2 Å². The van der Waals surface area contributed by atoms with Crippen molar-refractivity contribution in [2.24, 2.45) is 5.92 Å². The molecule has 2 fully saturated rings. The minimum atomic E-state index is -0.428. The smallest absolute Gasteiger partial charge is 0.272 e. The van der Waals surface area contributed by atoms with Gasteiger partial charge in [0.2, 0.25) is 0 Å². The fourth-order valence-corrected chi connectivity index (χ4v) is 4.62. The van der Waals surface area contributed by atoms with Crippen LogP contribution in [0, 0.1) is 21.4 Å². The zero-order chi connectivity index (χ0) is 19.0. The van der Waals surface area contributed by atoms with Gasteiger partial charge in [-0.25, -0.2) is 15.3 Å². The molecule has 2 unspecified atom stereocenters. The van der Waals surface area contributed by atoms with Gasteiger partial charge in [-0.05, 0) is 17.3 Å². The molecule has 1 amide bonds. The summed E-state index contributed by atoms with van der Waals surface area (Å²) in [7, 11) is 0. The Kier molecular flexibility index (Phi) is 4.74. The third-order valence-corrected chi connectivity index (χ3v) is 5.93. The average molecular weight is 402 g/mol. The SMILES string of the molecule is N=C1S/C(=C/C2CNNC2c2cccc([N+](=O)[O-])c2)C(=O)N1c1nccs1. The third kappa shape index (κ3) is 3.37. The molecule has 2 aliphatic heterocycles. The number of rotatable bonds is 4. The highest BCUT2D eigenvalue weighted by atomic mass is 32.2. The fourth-order valence-electron chi connectivity index (χ4n) is 3.02. The minimum absolute atomic E-state index is 0.0237. The Balaban J connectivity index is 1.60. The standard InChI is InChI=1S/C16H14N6O3S2/c17-15-21(16-18-4-5-26-16)14(23)12(27-15)7-10-8-19-20-13(10)9-2-1-3-11(6-9)22(24)25/h1-7,10,13,17,19-20H,8H2/b12-7+,17-15?. The summed E-state index contributed by atoms with van der Waals surface area (Å²) in [6.45, 7) is 0.565. The van der Waals surface area contributed by atoms with Crippen LogP contribution in [0.4, 0.5) is 10.8 Å². The number of nitrogens with one attached hydrogen (secondary N) is 3. The van der Waals surface area contributed by atoms with Crippen LogP contribution >= 0.6 is 23.1 Å². The van der Waals surface area contributed by atoms with Crippen molar-refractivity contribution in [2.45, 2.75) is 6.04 Å². The summed E-state index contributed by atoms with van der Waals surface area (Å²) in [6, 6.07) is 6.23. The number of non-ortho nitro benzene ring substituents is 1. The van der Waals surface area contributed by atoms with Gasteiger partial charge < -0.3 is 0 Å². The van der Waals surface area contributed by atoms with Crippen LogP contribution in [0.15, 0.2) is 46.8 Å². The Labute approximate surface area is 162 Å². The molecule has 2 aromatic rings. The quantitative estimate of drug-likeness (QED) is 0.407. The van der Waals surface area contributed by atoms with Crippen molar-refractivity contribution in [1.29, 1.82) is 5.41 Å². The molecule has 1 aromatic heterocycles. The molecule has 138 valence electrons. The maximum Gasteiger partial charge on any atom is 0.272 e. The van der Waals surface area contributed by atoms with E-state index in [0.29, 0.717) is 16.6 Å². The largest absolute Gasteiger partial charge is 0.278 e. The molecule has 1 aromatic carbocycles. The molecule has 0 saturated carbocycles. The van der Waals surface area contributed by atoms with E-state index in [1.165, 1.54) is 28.4 Å². The number of hydrogen-bond acceptors (Lipinski definition) is 9. The van der Waals surface area contributed by atoms with Gasteiger partial charge in [0.05, 0.1) is 15.9 Å². The zero-order valence-corrected chi connectivity index (χ0v) is 15.4. The minimum Gasteiger partial charge on any atom is -0.278 e. The second-order valence-electron chi connectivity index (χ2n) is 5.91. The maximum atomic E-state index is 12.7. The Bertz CT molecular complexity index is 945. The average Bonchev–Trinajstić information content (AvgIpc) is 3.37. The molecule has 2 saturated heterocycles. The predicted octanol–water partition coefficient (Wildman–Crippen LogP) is 2.42. The highest BCUT2D eigenvalue weighted by Gasteiger charge is 2.37. The van der Waals surface area contributed by atoms with E-state index >= 15 is 0 Å². The van der Waals surface area contributed by atoms with Crippen molar-refractivity contribution in [3.63, 3.8) is 0 Å². The lowest BCUT2D eigenvalue weighted by molar-refractivity contribution is -0.384. The van der Waals surface area contributed by atoms with Crippen molar-refractivity contribution >= 4 is 45.0 Å². The first-order valence-corrected chi connectivity index (χ1v) is 9.69. The molecule has 0 bridgehead atoms. The molecule has 9 nitrogen and oxygen atoms in total. The summed E-state index contributed by atoms with van der Waals surface area (Å²) >= 11 is 2.39. The lowest BCUT2D eigenvalue weighted by Crippen LogP contribution is -2.28. The van der Waals surface area contributed by atoms with Crippen molar-refractivity contribution in [1.82, 2.24) is 15.8 Å². The number of thioether (sulfide) groups is 1. The maximum absolute atomic E-state index is 12.7. The number of amidine groups is 1. The normalized spacial score (nSPS) is 24.1. The molecule has 3 N–H and O–H groups in total. The van der Waals surface area contributed by atoms with Crippen LogP contribution in [0.3, 0.4) is 0 Å². The number of nitro benzene ring substituents is 1. The summed E-state index contributed by atoms with van der Waals surface area (Å²) in [6.07, 6.45) is 3.42. The van der Waals surface area contributed by atoms with Gasteiger partial charge >= 0.3 is 0 Å². The van der Waals surface area contributed by atoms with Crippen LogP contribution in [0.1, 0.15) is 11.6 Å². The molecular weight excluding hydrogens is 388 g/mol. The molecule has 3 heterocycles. The number of hydrogen-bond donors (Lipinski definition) is 3. The van der Waals surface area contributed by atoms with E-state index in [-0.39, 0.29) is 28.7 Å². The molecule has 4 rings (SSSR count). The summed E-state index contributed by atoms with van der Waals surface area (Å²) < 4.78 is 0. The Morgan fingerprint density at radius 3 is 3.04 bits per heavy atom. The second-order valence-corrected chi connectivity index (χ2v) is 7.82. The number of anilines is 1. The van der Waals surface area contributed by atoms with Crippen molar-refractivity contribution in [2.75, 3.05) is 11.4 Å².